The summed E-state index contributed by atoms with van der Waals surface area (Å²) in [5.41, 5.74) is -0.569. The first-order valence-electron chi connectivity index (χ1n) is 7.50. The topological polar surface area (TPSA) is 121 Å². The van der Waals surface area contributed by atoms with Crippen molar-refractivity contribution in [3.63, 3.8) is 0 Å². The molecule has 0 radical (unpaired) electrons. The third-order valence-electron chi connectivity index (χ3n) is 4.05. The van der Waals surface area contributed by atoms with Gasteiger partial charge in [-0.1, -0.05) is 29.3 Å². The molecular weight excluding hydrogens is 381 g/mol. The smallest absolute Gasteiger partial charge is 0.207 e. The van der Waals surface area contributed by atoms with Crippen LogP contribution in [0.2, 0.25) is 10.0 Å². The van der Waals surface area contributed by atoms with E-state index in [0.29, 0.717) is 33.7 Å². The van der Waals surface area contributed by atoms with E-state index in [1.807, 2.05) is 0 Å². The molecule has 11 heteroatoms. The Labute approximate surface area is 158 Å². The lowest BCUT2D eigenvalue weighted by atomic mass is 9.82. The van der Waals surface area contributed by atoms with E-state index in [1.165, 1.54) is 19.8 Å². The molecule has 0 aliphatic rings. The Kier molecular flexibility index (Phi) is 5.50. The molecule has 0 aliphatic carbocycles. The normalized spacial score (nSPS) is 14.6. The number of hydrogen-bond acceptors (Lipinski definition) is 6. The van der Waals surface area contributed by atoms with Gasteiger partial charge in [0.15, 0.2) is 0 Å². The van der Waals surface area contributed by atoms with Crippen molar-refractivity contribution < 1.29 is 9.53 Å². The number of benzene rings is 1. The number of ether oxygens (including phenoxy) is 1. The van der Waals surface area contributed by atoms with Crippen molar-refractivity contribution in [3.05, 3.63) is 58.1 Å². The average molecular weight is 396 g/mol. The summed E-state index contributed by atoms with van der Waals surface area (Å²) in [4.78, 5) is 19.7. The number of H-pyrrole nitrogens is 2. The zero-order valence-corrected chi connectivity index (χ0v) is 15.1. The highest BCUT2D eigenvalue weighted by Gasteiger charge is 2.45. The van der Waals surface area contributed by atoms with Gasteiger partial charge >= 0.3 is 0 Å². The summed E-state index contributed by atoms with van der Waals surface area (Å²) in [7, 11) is 1.51. The highest BCUT2D eigenvalue weighted by Crippen LogP contribution is 2.43. The molecule has 0 saturated heterocycles. The second-order valence-corrected chi connectivity index (χ2v) is 6.26. The minimum atomic E-state index is -1.17. The number of nitrogens with one attached hydrogen (secondary N) is 3. The second-order valence-electron chi connectivity index (χ2n) is 5.41. The molecule has 3 rings (SSSR count). The number of halogens is 2. The van der Waals surface area contributed by atoms with Gasteiger partial charge < -0.3 is 10.1 Å². The molecule has 0 fully saturated rings. The van der Waals surface area contributed by atoms with Crippen LogP contribution in [-0.4, -0.2) is 43.9 Å². The van der Waals surface area contributed by atoms with E-state index in [9.17, 15) is 4.79 Å². The molecule has 3 aromatic rings. The summed E-state index contributed by atoms with van der Waals surface area (Å²) in [6, 6.07) is 4.29. The zero-order valence-electron chi connectivity index (χ0n) is 13.6. The number of aromatic amines is 2. The summed E-state index contributed by atoms with van der Waals surface area (Å²) in [6.45, 7) is 0. The van der Waals surface area contributed by atoms with Crippen LogP contribution in [0, 0.1) is 0 Å². The van der Waals surface area contributed by atoms with Gasteiger partial charge in [-0.25, -0.2) is 9.97 Å². The van der Waals surface area contributed by atoms with Crippen molar-refractivity contribution in [3.8, 4) is 0 Å². The van der Waals surface area contributed by atoms with E-state index in [-0.39, 0.29) is 6.42 Å². The molecule has 2 atom stereocenters. The van der Waals surface area contributed by atoms with Crippen LogP contribution in [0.15, 0.2) is 30.9 Å². The number of carbonyl (C=O) groups excluding carboxylic acids is 1. The Morgan fingerprint density at radius 2 is 2.04 bits per heavy atom. The molecule has 2 unspecified atom stereocenters. The molecule has 0 saturated carbocycles. The van der Waals surface area contributed by atoms with E-state index in [4.69, 9.17) is 27.9 Å². The quantitative estimate of drug-likeness (QED) is 0.500. The van der Waals surface area contributed by atoms with Crippen LogP contribution < -0.4 is 5.32 Å². The predicted octanol–water partition coefficient (Wildman–Crippen LogP) is 1.80. The zero-order chi connectivity index (χ0) is 18.6. The first kappa shape index (κ1) is 18.3. The van der Waals surface area contributed by atoms with Gasteiger partial charge in [0.1, 0.15) is 35.9 Å². The van der Waals surface area contributed by atoms with Gasteiger partial charge in [-0.15, -0.1) is 0 Å². The van der Waals surface area contributed by atoms with Crippen molar-refractivity contribution in [2.75, 3.05) is 7.11 Å². The molecule has 1 aromatic carbocycles. The summed E-state index contributed by atoms with van der Waals surface area (Å²) in [6.07, 6.45) is 3.51. The highest BCUT2D eigenvalue weighted by molar-refractivity contribution is 6.35. The van der Waals surface area contributed by atoms with Gasteiger partial charge in [-0.2, -0.15) is 10.2 Å². The first-order chi connectivity index (χ1) is 12.6. The van der Waals surface area contributed by atoms with Crippen LogP contribution in [0.4, 0.5) is 0 Å². The third kappa shape index (κ3) is 3.41. The fraction of sp³-hybridized carbons (Fsp3) is 0.267. The Hall–Kier alpha value is -2.49. The maximum atomic E-state index is 11.3. The number of hydrogen-bond donors (Lipinski definition) is 3. The van der Waals surface area contributed by atoms with Gasteiger partial charge in [0.2, 0.25) is 6.41 Å². The molecule has 0 bridgehead atoms. The largest absolute Gasteiger partial charge is 0.370 e. The van der Waals surface area contributed by atoms with Gasteiger partial charge in [0.25, 0.3) is 0 Å². The fourth-order valence-corrected chi connectivity index (χ4v) is 3.48. The van der Waals surface area contributed by atoms with Crippen LogP contribution in [0.3, 0.4) is 0 Å². The molecule has 9 nitrogen and oxygen atoms in total. The molecule has 26 heavy (non-hydrogen) atoms. The maximum Gasteiger partial charge on any atom is 0.207 e. The summed E-state index contributed by atoms with van der Waals surface area (Å²) < 4.78 is 5.93. The molecule has 0 aliphatic heterocycles. The lowest BCUT2D eigenvalue weighted by Gasteiger charge is -2.38. The first-order valence-corrected chi connectivity index (χ1v) is 8.26. The van der Waals surface area contributed by atoms with Crippen molar-refractivity contribution in [2.24, 2.45) is 0 Å². The Bertz CT molecular complexity index is 857. The van der Waals surface area contributed by atoms with Crippen molar-refractivity contribution in [1.29, 1.82) is 0 Å². The Morgan fingerprint density at radius 3 is 2.62 bits per heavy atom. The number of aromatic nitrogens is 6. The van der Waals surface area contributed by atoms with E-state index >= 15 is 0 Å². The van der Waals surface area contributed by atoms with E-state index in [0.717, 1.165) is 0 Å². The minimum Gasteiger partial charge on any atom is -0.370 e. The van der Waals surface area contributed by atoms with Crippen LogP contribution in [0.1, 0.15) is 23.3 Å². The van der Waals surface area contributed by atoms with Gasteiger partial charge in [0.05, 0.1) is 0 Å². The molecule has 3 N–H and O–H groups in total. The van der Waals surface area contributed by atoms with E-state index < -0.39 is 11.6 Å². The molecular formula is C15H15Cl2N7O2. The molecule has 0 spiro atoms. The number of amides is 1. The van der Waals surface area contributed by atoms with Gasteiger partial charge in [-0.3, -0.25) is 15.0 Å². The Balaban J connectivity index is 2.20. The number of nitrogens with zero attached hydrogens (tertiary/aromatic N) is 4. The van der Waals surface area contributed by atoms with Crippen molar-refractivity contribution in [1.82, 2.24) is 35.7 Å². The summed E-state index contributed by atoms with van der Waals surface area (Å²) in [5.74, 6) is 0.930. The lowest BCUT2D eigenvalue weighted by molar-refractivity contribution is -0.114. The average Bonchev–Trinajstić information content (AvgIpc) is 3.32. The summed E-state index contributed by atoms with van der Waals surface area (Å²) in [5, 5.41) is 16.9. The van der Waals surface area contributed by atoms with Crippen molar-refractivity contribution >= 4 is 29.6 Å². The summed E-state index contributed by atoms with van der Waals surface area (Å²) >= 11 is 12.5. The minimum absolute atomic E-state index is 0.219. The second kappa shape index (κ2) is 7.81. The van der Waals surface area contributed by atoms with Crippen LogP contribution in [0.25, 0.3) is 0 Å². The molecule has 2 heterocycles. The fourth-order valence-electron chi connectivity index (χ4n) is 2.91. The van der Waals surface area contributed by atoms with E-state index in [2.05, 4.69) is 35.7 Å². The number of carbonyl (C=O) groups is 1. The van der Waals surface area contributed by atoms with Crippen LogP contribution in [-0.2, 0) is 21.6 Å². The van der Waals surface area contributed by atoms with Crippen LogP contribution in [0.5, 0.6) is 0 Å². The lowest BCUT2D eigenvalue weighted by Crippen LogP contribution is -2.45. The number of methoxy groups -OCH3 is 1. The molecule has 1 amide bonds. The Morgan fingerprint density at radius 1 is 1.27 bits per heavy atom. The third-order valence-corrected chi connectivity index (χ3v) is 4.60. The monoisotopic (exact) mass is 395 g/mol. The van der Waals surface area contributed by atoms with E-state index in [1.54, 1.807) is 18.2 Å². The molecule has 2 aromatic heterocycles. The van der Waals surface area contributed by atoms with Crippen molar-refractivity contribution in [2.45, 2.75) is 18.1 Å². The van der Waals surface area contributed by atoms with Gasteiger partial charge in [0, 0.05) is 29.1 Å². The SMILES string of the molecule is COC(Cc1ncn[nH]1)(c1ccc(Cl)cc1Cl)C(NC=O)c1ncn[nH]1. The predicted molar refractivity (Wildman–Crippen MR) is 93.6 cm³/mol. The number of rotatable bonds is 8. The van der Waals surface area contributed by atoms with Crippen LogP contribution >= 0.6 is 23.2 Å². The molecule has 136 valence electrons. The standard InChI is InChI=1S/C15H15Cl2N7O2/c1-26-15(5-12-18-6-21-23-12,10-3-2-9(16)4-11(10)17)13(20-8-25)14-19-7-22-24-14/h2-4,6-8,13H,5H2,1H3,(H,20,25)(H,18,21,23)(H,19,22,24). The highest BCUT2D eigenvalue weighted by atomic mass is 35.5. The maximum absolute atomic E-state index is 11.3. The van der Waals surface area contributed by atoms with Gasteiger partial charge in [-0.05, 0) is 12.1 Å².